The maximum Gasteiger partial charge on any atom is 0.416 e. The Morgan fingerprint density at radius 1 is 1.24 bits per heavy atom. The van der Waals surface area contributed by atoms with Crippen molar-refractivity contribution in [1.29, 1.82) is 0 Å². The van der Waals surface area contributed by atoms with Gasteiger partial charge in [0.1, 0.15) is 0 Å². The van der Waals surface area contributed by atoms with Crippen LogP contribution in [0.5, 0.6) is 0 Å². The number of carboxylic acids is 1. The third-order valence-corrected chi connectivity index (χ3v) is 4.50. The SMILES string of the molecule is O=C(O)CSc1cc(Cl)nnc1-n1ccc2ccc(C(F)(F)F)cc21. The van der Waals surface area contributed by atoms with Gasteiger partial charge in [-0.25, -0.2) is 0 Å². The Kier molecular flexibility index (Phi) is 4.61. The molecule has 0 bridgehead atoms. The summed E-state index contributed by atoms with van der Waals surface area (Å²) in [5.41, 5.74) is -0.509. The number of rotatable bonds is 4. The van der Waals surface area contributed by atoms with E-state index >= 15 is 0 Å². The van der Waals surface area contributed by atoms with Crippen LogP contribution in [0, 0.1) is 0 Å². The predicted octanol–water partition coefficient (Wildman–Crippen LogP) is 4.27. The van der Waals surface area contributed by atoms with Gasteiger partial charge in [-0.15, -0.1) is 22.0 Å². The van der Waals surface area contributed by atoms with Gasteiger partial charge >= 0.3 is 12.1 Å². The van der Waals surface area contributed by atoms with Crippen molar-refractivity contribution in [2.24, 2.45) is 0 Å². The second kappa shape index (κ2) is 6.57. The van der Waals surface area contributed by atoms with Gasteiger partial charge in [0.05, 0.1) is 21.7 Å². The molecule has 3 rings (SSSR count). The number of halogens is 4. The minimum atomic E-state index is -4.48. The summed E-state index contributed by atoms with van der Waals surface area (Å²) in [4.78, 5) is 11.2. The van der Waals surface area contributed by atoms with Crippen molar-refractivity contribution in [3.63, 3.8) is 0 Å². The first-order chi connectivity index (χ1) is 11.8. The summed E-state index contributed by atoms with van der Waals surface area (Å²) in [6, 6.07) is 6.44. The molecular weight excluding hydrogens is 379 g/mol. The van der Waals surface area contributed by atoms with E-state index in [9.17, 15) is 18.0 Å². The lowest BCUT2D eigenvalue weighted by atomic mass is 10.1. The molecule has 25 heavy (non-hydrogen) atoms. The highest BCUT2D eigenvalue weighted by Gasteiger charge is 2.31. The first kappa shape index (κ1) is 17.6. The minimum Gasteiger partial charge on any atom is -0.481 e. The number of fused-ring (bicyclic) bond motifs is 1. The van der Waals surface area contributed by atoms with E-state index in [0.29, 0.717) is 10.3 Å². The van der Waals surface area contributed by atoms with E-state index in [0.717, 1.165) is 23.9 Å². The molecule has 2 heterocycles. The molecule has 0 saturated carbocycles. The van der Waals surface area contributed by atoms with Crippen LogP contribution in [0.3, 0.4) is 0 Å². The molecule has 130 valence electrons. The summed E-state index contributed by atoms with van der Waals surface area (Å²) in [6.45, 7) is 0. The van der Waals surface area contributed by atoms with Crippen molar-refractivity contribution in [1.82, 2.24) is 14.8 Å². The molecule has 1 aromatic carbocycles. The van der Waals surface area contributed by atoms with Gasteiger partial charge < -0.3 is 5.11 Å². The molecule has 0 unspecified atom stereocenters. The highest BCUT2D eigenvalue weighted by Crippen LogP contribution is 2.34. The molecule has 0 saturated heterocycles. The number of aromatic nitrogens is 3. The third kappa shape index (κ3) is 3.72. The third-order valence-electron chi connectivity index (χ3n) is 3.31. The maximum absolute atomic E-state index is 13.0. The van der Waals surface area contributed by atoms with Gasteiger partial charge in [-0.3, -0.25) is 9.36 Å². The molecule has 5 nitrogen and oxygen atoms in total. The second-order valence-corrected chi connectivity index (χ2v) is 6.40. The smallest absolute Gasteiger partial charge is 0.416 e. The van der Waals surface area contributed by atoms with Crippen molar-refractivity contribution >= 4 is 40.2 Å². The van der Waals surface area contributed by atoms with E-state index in [-0.39, 0.29) is 22.2 Å². The quantitative estimate of drug-likeness (QED) is 0.677. The maximum atomic E-state index is 13.0. The molecule has 0 radical (unpaired) electrons. The summed E-state index contributed by atoms with van der Waals surface area (Å²) in [6.07, 6.45) is -2.93. The van der Waals surface area contributed by atoms with Crippen molar-refractivity contribution in [3.8, 4) is 5.82 Å². The number of thioether (sulfide) groups is 1. The summed E-state index contributed by atoms with van der Waals surface area (Å²) in [5, 5.41) is 17.1. The molecule has 3 aromatic rings. The molecule has 0 spiro atoms. The van der Waals surface area contributed by atoms with Crippen LogP contribution in [0.4, 0.5) is 13.2 Å². The van der Waals surface area contributed by atoms with Crippen LogP contribution in [-0.4, -0.2) is 31.6 Å². The van der Waals surface area contributed by atoms with Crippen LogP contribution in [-0.2, 0) is 11.0 Å². The number of hydrogen-bond acceptors (Lipinski definition) is 4. The van der Waals surface area contributed by atoms with Gasteiger partial charge in [0.2, 0.25) is 0 Å². The Morgan fingerprint density at radius 2 is 2.00 bits per heavy atom. The summed E-state index contributed by atoms with van der Waals surface area (Å²) in [5.74, 6) is -1.08. The van der Waals surface area contributed by atoms with E-state index in [1.54, 1.807) is 12.3 Å². The first-order valence-corrected chi connectivity index (χ1v) is 8.18. The molecule has 1 N–H and O–H groups in total. The normalized spacial score (nSPS) is 11.8. The number of carbonyl (C=O) groups is 1. The number of carboxylic acid groups (broad SMARTS) is 1. The van der Waals surface area contributed by atoms with Gasteiger partial charge in [0, 0.05) is 11.6 Å². The molecule has 0 atom stereocenters. The zero-order valence-corrected chi connectivity index (χ0v) is 13.9. The highest BCUT2D eigenvalue weighted by atomic mass is 35.5. The summed E-state index contributed by atoms with van der Waals surface area (Å²) < 4.78 is 40.4. The molecule has 0 aliphatic rings. The second-order valence-electron chi connectivity index (χ2n) is 4.99. The van der Waals surface area contributed by atoms with E-state index in [2.05, 4.69) is 10.2 Å². The molecule has 0 aliphatic carbocycles. The lowest BCUT2D eigenvalue weighted by molar-refractivity contribution is -0.137. The molecule has 10 heteroatoms. The fourth-order valence-corrected chi connectivity index (χ4v) is 3.20. The fourth-order valence-electron chi connectivity index (χ4n) is 2.25. The monoisotopic (exact) mass is 387 g/mol. The van der Waals surface area contributed by atoms with Crippen LogP contribution in [0.1, 0.15) is 5.56 Å². The van der Waals surface area contributed by atoms with E-state index in [1.165, 1.54) is 16.7 Å². The van der Waals surface area contributed by atoms with Crippen LogP contribution in [0.2, 0.25) is 5.15 Å². The van der Waals surface area contributed by atoms with Gasteiger partial charge in [-0.05, 0) is 24.3 Å². The first-order valence-electron chi connectivity index (χ1n) is 6.82. The standard InChI is InChI=1S/C15H9ClF3N3O2S/c16-12-6-11(25-7-13(23)24)14(21-20-12)22-4-3-8-1-2-9(5-10(8)22)15(17,18)19/h1-6H,7H2,(H,23,24). The van der Waals surface area contributed by atoms with Gasteiger partial charge in [-0.1, -0.05) is 17.7 Å². The lowest BCUT2D eigenvalue weighted by Gasteiger charge is -2.11. The molecule has 0 aliphatic heterocycles. The van der Waals surface area contributed by atoms with Crippen LogP contribution >= 0.6 is 23.4 Å². The van der Waals surface area contributed by atoms with Gasteiger partial charge in [0.15, 0.2) is 11.0 Å². The number of aliphatic carboxylic acids is 1. The Morgan fingerprint density at radius 3 is 2.68 bits per heavy atom. The Bertz CT molecular complexity index is 959. The highest BCUT2D eigenvalue weighted by molar-refractivity contribution is 8.00. The summed E-state index contributed by atoms with van der Waals surface area (Å²) in [7, 11) is 0. The molecule has 2 aromatic heterocycles. The average Bonchev–Trinajstić information content (AvgIpc) is 2.95. The number of nitrogens with zero attached hydrogens (tertiary/aromatic N) is 3. The van der Waals surface area contributed by atoms with E-state index in [1.807, 2.05) is 0 Å². The summed E-state index contributed by atoms with van der Waals surface area (Å²) >= 11 is 6.76. The number of alkyl halides is 3. The van der Waals surface area contributed by atoms with Crippen molar-refractivity contribution < 1.29 is 23.1 Å². The zero-order valence-electron chi connectivity index (χ0n) is 12.3. The van der Waals surface area contributed by atoms with Gasteiger partial charge in [0.25, 0.3) is 0 Å². The molecular formula is C15H9ClF3N3O2S. The van der Waals surface area contributed by atoms with E-state index in [4.69, 9.17) is 16.7 Å². The minimum absolute atomic E-state index is 0.0593. The van der Waals surface area contributed by atoms with Crippen LogP contribution < -0.4 is 0 Å². The topological polar surface area (TPSA) is 68.0 Å². The molecule has 0 fully saturated rings. The fraction of sp³-hybridized carbons (Fsp3) is 0.133. The Labute approximate surface area is 148 Å². The Balaban J connectivity index is 2.14. The molecule has 0 amide bonds. The number of hydrogen-bond donors (Lipinski definition) is 1. The van der Waals surface area contributed by atoms with Gasteiger partial charge in [-0.2, -0.15) is 13.2 Å². The average molecular weight is 388 g/mol. The number of benzene rings is 1. The lowest BCUT2D eigenvalue weighted by Crippen LogP contribution is -2.06. The van der Waals surface area contributed by atoms with Crippen molar-refractivity contribution in [2.75, 3.05) is 5.75 Å². The van der Waals surface area contributed by atoms with Crippen LogP contribution in [0.25, 0.3) is 16.7 Å². The van der Waals surface area contributed by atoms with E-state index < -0.39 is 17.7 Å². The van der Waals surface area contributed by atoms with Crippen molar-refractivity contribution in [3.05, 3.63) is 47.2 Å². The van der Waals surface area contributed by atoms with Crippen LogP contribution in [0.15, 0.2) is 41.4 Å². The zero-order chi connectivity index (χ0) is 18.2. The predicted molar refractivity (Wildman–Crippen MR) is 87.2 cm³/mol. The van der Waals surface area contributed by atoms with Crippen molar-refractivity contribution in [2.45, 2.75) is 11.1 Å². The Hall–Kier alpha value is -2.26. The largest absolute Gasteiger partial charge is 0.481 e.